The van der Waals surface area contributed by atoms with Crippen molar-refractivity contribution >= 4 is 12.4 Å². The van der Waals surface area contributed by atoms with Gasteiger partial charge in [-0.2, -0.15) is 0 Å². The predicted octanol–water partition coefficient (Wildman–Crippen LogP) is 1.51. The maximum absolute atomic E-state index is 6.64. The molecule has 0 unspecified atom stereocenters. The van der Waals surface area contributed by atoms with Gasteiger partial charge in [0.05, 0.1) is 0 Å². The van der Waals surface area contributed by atoms with Crippen LogP contribution in [0.1, 0.15) is 19.8 Å². The molecule has 0 saturated carbocycles. The number of nitrogens with one attached hydrogen (secondary N) is 1. The molecular weight excluding hydrogens is 100 g/mol. The number of nitrogens with zero attached hydrogens (tertiary/aromatic N) is 1. The predicted molar refractivity (Wildman–Crippen MR) is 37.1 cm³/mol. The fraction of sp³-hybridized carbons (Fsp3) is 0.667. The summed E-state index contributed by atoms with van der Waals surface area (Å²) in [5.74, 6) is 0. The van der Waals surface area contributed by atoms with Gasteiger partial charge in [-0.1, -0.05) is 6.92 Å². The lowest BCUT2D eigenvalue weighted by Gasteiger charge is -1.81. The van der Waals surface area contributed by atoms with Crippen molar-refractivity contribution in [1.29, 1.82) is 5.41 Å². The van der Waals surface area contributed by atoms with Crippen molar-refractivity contribution in [2.24, 2.45) is 4.99 Å². The zero-order chi connectivity index (χ0) is 6.24. The van der Waals surface area contributed by atoms with Crippen LogP contribution in [0.3, 0.4) is 0 Å². The summed E-state index contributed by atoms with van der Waals surface area (Å²) < 4.78 is 0. The molecule has 2 heteroatoms. The molecule has 0 aromatic carbocycles. The van der Waals surface area contributed by atoms with Gasteiger partial charge in [0.2, 0.25) is 0 Å². The van der Waals surface area contributed by atoms with Crippen molar-refractivity contribution in [2.45, 2.75) is 19.8 Å². The van der Waals surface area contributed by atoms with Crippen molar-refractivity contribution in [1.82, 2.24) is 0 Å². The zero-order valence-electron chi connectivity index (χ0n) is 5.22. The molecule has 0 aromatic heterocycles. The first-order chi connectivity index (χ1) is 3.91. The summed E-state index contributed by atoms with van der Waals surface area (Å²) in [4.78, 5) is 4.00. The average molecular weight is 112 g/mol. The minimum absolute atomic E-state index is 0.774. The van der Waals surface area contributed by atoms with E-state index < -0.39 is 0 Å². The Morgan fingerprint density at radius 3 is 2.88 bits per heavy atom. The Hall–Kier alpha value is -0.660. The van der Waals surface area contributed by atoms with Crippen LogP contribution >= 0.6 is 0 Å². The van der Waals surface area contributed by atoms with Crippen LogP contribution in [0.25, 0.3) is 0 Å². The molecule has 0 aliphatic heterocycles. The summed E-state index contributed by atoms with van der Waals surface area (Å²) >= 11 is 0. The number of hydrogen-bond acceptors (Lipinski definition) is 2. The van der Waals surface area contributed by atoms with E-state index in [2.05, 4.69) is 4.99 Å². The molecule has 0 heterocycles. The third-order valence-electron chi connectivity index (χ3n) is 0.714. The fourth-order valence-electron chi connectivity index (χ4n) is 0.359. The lowest BCUT2D eigenvalue weighted by molar-refractivity contribution is 1.05. The van der Waals surface area contributed by atoms with Crippen LogP contribution < -0.4 is 0 Å². The molecule has 46 valence electrons. The van der Waals surface area contributed by atoms with Gasteiger partial charge in [-0.05, 0) is 18.9 Å². The normalized spacial score (nSPS) is 10.1. The molecule has 8 heavy (non-hydrogen) atoms. The van der Waals surface area contributed by atoms with E-state index in [1.165, 1.54) is 6.21 Å². The van der Waals surface area contributed by atoms with Crippen LogP contribution in [0.4, 0.5) is 0 Å². The lowest BCUT2D eigenvalue weighted by atomic mass is 10.4. The molecule has 0 saturated heterocycles. The molecule has 0 radical (unpaired) electrons. The van der Waals surface area contributed by atoms with Crippen LogP contribution in [0, 0.1) is 5.41 Å². The molecule has 0 rings (SSSR count). The van der Waals surface area contributed by atoms with Gasteiger partial charge in [0.25, 0.3) is 0 Å². The summed E-state index contributed by atoms with van der Waals surface area (Å²) in [6.45, 7) is 2.82. The standard InChI is InChI=1S/C6H12N2/c1-2-5-8-6-3-4-7/h4-5,7H,2-3,6H2,1H3/b7-4?,8-5-. The molecule has 0 bridgehead atoms. The summed E-state index contributed by atoms with van der Waals surface area (Å²) in [7, 11) is 0. The zero-order valence-corrected chi connectivity index (χ0v) is 5.22. The fourth-order valence-corrected chi connectivity index (χ4v) is 0.359. The number of aliphatic imine (C=N–C) groups is 1. The van der Waals surface area contributed by atoms with Gasteiger partial charge in [0, 0.05) is 13.0 Å². The van der Waals surface area contributed by atoms with Crippen LogP contribution in [-0.2, 0) is 0 Å². The van der Waals surface area contributed by atoms with Crippen LogP contribution in [0.15, 0.2) is 4.99 Å². The molecule has 0 amide bonds. The molecular formula is C6H12N2. The Balaban J connectivity index is 2.90. The monoisotopic (exact) mass is 112 g/mol. The second-order valence-corrected chi connectivity index (χ2v) is 1.49. The molecule has 0 aromatic rings. The molecule has 0 fully saturated rings. The molecule has 2 nitrogen and oxygen atoms in total. The molecule has 0 aliphatic carbocycles. The van der Waals surface area contributed by atoms with Crippen LogP contribution in [0.2, 0.25) is 0 Å². The molecule has 1 N–H and O–H groups in total. The number of hydrogen-bond donors (Lipinski definition) is 1. The molecule has 0 atom stereocenters. The van der Waals surface area contributed by atoms with Crippen molar-refractivity contribution in [3.63, 3.8) is 0 Å². The topological polar surface area (TPSA) is 36.2 Å². The highest BCUT2D eigenvalue weighted by molar-refractivity contribution is 5.58. The molecule has 0 aliphatic rings. The van der Waals surface area contributed by atoms with Crippen molar-refractivity contribution in [3.8, 4) is 0 Å². The van der Waals surface area contributed by atoms with E-state index in [0.29, 0.717) is 0 Å². The number of rotatable bonds is 4. The first kappa shape index (κ1) is 7.34. The van der Waals surface area contributed by atoms with E-state index >= 15 is 0 Å². The largest absolute Gasteiger partial charge is 0.313 e. The average Bonchev–Trinajstić information content (AvgIpc) is 1.81. The summed E-state index contributed by atoms with van der Waals surface area (Å²) in [5.41, 5.74) is 0. The maximum Gasteiger partial charge on any atom is 0.0434 e. The Labute approximate surface area is 50.1 Å². The van der Waals surface area contributed by atoms with Crippen molar-refractivity contribution < 1.29 is 0 Å². The minimum atomic E-state index is 0.774. The van der Waals surface area contributed by atoms with E-state index in [1.807, 2.05) is 13.1 Å². The first-order valence-electron chi connectivity index (χ1n) is 2.89. The van der Waals surface area contributed by atoms with Gasteiger partial charge in [-0.15, -0.1) is 0 Å². The van der Waals surface area contributed by atoms with E-state index in [-0.39, 0.29) is 0 Å². The van der Waals surface area contributed by atoms with Crippen molar-refractivity contribution in [3.05, 3.63) is 0 Å². The van der Waals surface area contributed by atoms with E-state index in [9.17, 15) is 0 Å². The van der Waals surface area contributed by atoms with Crippen molar-refractivity contribution in [2.75, 3.05) is 6.54 Å². The SMILES string of the molecule is CC/C=N\CCC=N. The summed E-state index contributed by atoms with van der Waals surface area (Å²) in [5, 5.41) is 6.64. The van der Waals surface area contributed by atoms with Gasteiger partial charge in [-0.3, -0.25) is 4.99 Å². The Bertz CT molecular complexity index is 76.6. The quantitative estimate of drug-likeness (QED) is 0.422. The Morgan fingerprint density at radius 2 is 2.38 bits per heavy atom. The third-order valence-corrected chi connectivity index (χ3v) is 0.714. The minimum Gasteiger partial charge on any atom is -0.313 e. The van der Waals surface area contributed by atoms with Gasteiger partial charge in [-0.25, -0.2) is 0 Å². The Kier molecular flexibility index (Phi) is 5.82. The molecule has 0 spiro atoms. The van der Waals surface area contributed by atoms with Crippen LogP contribution in [0.5, 0.6) is 0 Å². The highest BCUT2D eigenvalue weighted by Gasteiger charge is 1.72. The third kappa shape index (κ3) is 5.34. The maximum atomic E-state index is 6.64. The highest BCUT2D eigenvalue weighted by Crippen LogP contribution is 1.74. The van der Waals surface area contributed by atoms with Gasteiger partial charge >= 0.3 is 0 Å². The summed E-state index contributed by atoms with van der Waals surface area (Å²) in [6, 6.07) is 0. The second-order valence-electron chi connectivity index (χ2n) is 1.49. The van der Waals surface area contributed by atoms with Gasteiger partial charge < -0.3 is 5.41 Å². The smallest absolute Gasteiger partial charge is 0.0434 e. The van der Waals surface area contributed by atoms with Crippen LogP contribution in [-0.4, -0.2) is 19.0 Å². The van der Waals surface area contributed by atoms with Gasteiger partial charge in [0.1, 0.15) is 0 Å². The first-order valence-corrected chi connectivity index (χ1v) is 2.89. The Morgan fingerprint density at radius 1 is 1.62 bits per heavy atom. The lowest BCUT2D eigenvalue weighted by Crippen LogP contribution is -1.80. The van der Waals surface area contributed by atoms with E-state index in [1.54, 1.807) is 0 Å². The van der Waals surface area contributed by atoms with Gasteiger partial charge in [0.15, 0.2) is 0 Å². The summed E-state index contributed by atoms with van der Waals surface area (Å²) in [6.07, 6.45) is 5.03. The highest BCUT2D eigenvalue weighted by atomic mass is 14.7. The van der Waals surface area contributed by atoms with E-state index in [0.717, 1.165) is 19.4 Å². The second kappa shape index (κ2) is 6.34. The van der Waals surface area contributed by atoms with E-state index in [4.69, 9.17) is 5.41 Å².